The smallest absolute Gasteiger partial charge is 0.323 e. The summed E-state index contributed by atoms with van der Waals surface area (Å²) in [4.78, 5) is 3.04. The summed E-state index contributed by atoms with van der Waals surface area (Å²) in [5.74, 6) is -1.34. The number of rotatable bonds is 4. The summed E-state index contributed by atoms with van der Waals surface area (Å²) in [6.07, 6.45) is -4.63. The van der Waals surface area contributed by atoms with Crippen LogP contribution in [0.2, 0.25) is 0 Å². The van der Waals surface area contributed by atoms with Gasteiger partial charge in [0.25, 0.3) is 10.0 Å². The molecular formula is C23H19F4N3O2S. The lowest BCUT2D eigenvalue weighted by Gasteiger charge is -2.10. The Bertz CT molecular complexity index is 1520. The Labute approximate surface area is 187 Å². The van der Waals surface area contributed by atoms with Crippen molar-refractivity contribution in [1.29, 1.82) is 0 Å². The van der Waals surface area contributed by atoms with Crippen molar-refractivity contribution in [3.05, 3.63) is 94.4 Å². The third-order valence-corrected chi connectivity index (χ3v) is 6.52. The minimum absolute atomic E-state index is 0.0419. The van der Waals surface area contributed by atoms with E-state index in [1.54, 1.807) is 29.8 Å². The molecule has 0 atom stereocenters. The van der Waals surface area contributed by atoms with Crippen molar-refractivity contribution in [2.24, 2.45) is 11.4 Å². The molecule has 0 unspecified atom stereocenters. The van der Waals surface area contributed by atoms with Crippen LogP contribution in [0.25, 0.3) is 11.0 Å². The van der Waals surface area contributed by atoms with E-state index in [1.165, 1.54) is 18.2 Å². The fourth-order valence-corrected chi connectivity index (χ4v) is 4.66. The van der Waals surface area contributed by atoms with Gasteiger partial charge in [0.1, 0.15) is 5.82 Å². The number of nitrogens with one attached hydrogen (secondary N) is 1. The van der Waals surface area contributed by atoms with Gasteiger partial charge < -0.3 is 9.55 Å². The van der Waals surface area contributed by atoms with Gasteiger partial charge in [0, 0.05) is 7.05 Å². The number of alkyl halides is 3. The standard InChI is InChI=1S/C23H19F4N3O2S/c1-14-10-16(12-15-8-9-18(19(24)13-15)23(25,26)27)21-20(11-14)30(2)22(28-21)29-33(31,32)17-6-4-3-5-7-17/h3-11,13H,12H2,1-2H3,(H,28,29). The lowest BCUT2D eigenvalue weighted by molar-refractivity contribution is -0.140. The van der Waals surface area contributed by atoms with Crippen LogP contribution >= 0.6 is 0 Å². The van der Waals surface area contributed by atoms with Gasteiger partial charge >= 0.3 is 6.18 Å². The first kappa shape index (κ1) is 22.8. The molecule has 1 N–H and O–H groups in total. The number of hydrogen-bond acceptors (Lipinski definition) is 2. The number of aromatic nitrogens is 2. The van der Waals surface area contributed by atoms with E-state index >= 15 is 0 Å². The fourth-order valence-electron chi connectivity index (χ4n) is 3.66. The Morgan fingerprint density at radius 1 is 1.03 bits per heavy atom. The fraction of sp³-hybridized carbons (Fsp3) is 0.174. The molecule has 0 fully saturated rings. The topological polar surface area (TPSA) is 67.2 Å². The largest absolute Gasteiger partial charge is 0.419 e. The van der Waals surface area contributed by atoms with Gasteiger partial charge in [-0.25, -0.2) is 4.39 Å². The highest BCUT2D eigenvalue weighted by atomic mass is 32.2. The SMILES string of the molecule is Cc1cc(Cc2ccc(C(F)(F)F)c(F)c2)c2[nH]c(=NS(=O)(=O)c3ccccc3)n(C)c2c1. The van der Waals surface area contributed by atoms with Gasteiger partial charge in [0.15, 0.2) is 0 Å². The normalized spacial score (nSPS) is 13.1. The van der Waals surface area contributed by atoms with Gasteiger partial charge in [-0.3, -0.25) is 0 Å². The van der Waals surface area contributed by atoms with Gasteiger partial charge in [-0.05, 0) is 60.4 Å². The monoisotopic (exact) mass is 477 g/mol. The number of benzene rings is 3. The molecule has 4 aromatic rings. The zero-order chi connectivity index (χ0) is 24.0. The first-order valence-corrected chi connectivity index (χ1v) is 11.3. The summed E-state index contributed by atoms with van der Waals surface area (Å²) in [5.41, 5.74) is 1.83. The first-order valence-electron chi connectivity index (χ1n) is 9.85. The van der Waals surface area contributed by atoms with E-state index in [-0.39, 0.29) is 16.9 Å². The van der Waals surface area contributed by atoms with Gasteiger partial charge in [-0.2, -0.15) is 21.6 Å². The van der Waals surface area contributed by atoms with Crippen molar-refractivity contribution in [2.75, 3.05) is 0 Å². The predicted molar refractivity (Wildman–Crippen MR) is 115 cm³/mol. The second-order valence-electron chi connectivity index (χ2n) is 7.69. The molecular weight excluding hydrogens is 458 g/mol. The molecule has 0 radical (unpaired) electrons. The lowest BCUT2D eigenvalue weighted by atomic mass is 10.00. The maximum atomic E-state index is 14.0. The molecule has 0 bridgehead atoms. The first-order chi connectivity index (χ1) is 15.5. The Morgan fingerprint density at radius 2 is 1.73 bits per heavy atom. The Kier molecular flexibility index (Phi) is 5.65. The molecule has 5 nitrogen and oxygen atoms in total. The summed E-state index contributed by atoms with van der Waals surface area (Å²) >= 11 is 0. The zero-order valence-corrected chi connectivity index (χ0v) is 18.4. The van der Waals surface area contributed by atoms with Crippen LogP contribution in [-0.2, 0) is 29.7 Å². The summed E-state index contributed by atoms with van der Waals surface area (Å²) in [7, 11) is -2.32. The van der Waals surface area contributed by atoms with Crippen LogP contribution in [-0.4, -0.2) is 18.0 Å². The Balaban J connectivity index is 1.81. The van der Waals surface area contributed by atoms with Crippen molar-refractivity contribution in [2.45, 2.75) is 24.4 Å². The highest BCUT2D eigenvalue weighted by molar-refractivity contribution is 7.90. The van der Waals surface area contributed by atoms with Crippen LogP contribution in [0.5, 0.6) is 0 Å². The van der Waals surface area contributed by atoms with Crippen molar-refractivity contribution in [3.63, 3.8) is 0 Å². The molecule has 0 amide bonds. The van der Waals surface area contributed by atoms with Crippen LogP contribution in [0.3, 0.4) is 0 Å². The van der Waals surface area contributed by atoms with Crippen LogP contribution in [0, 0.1) is 12.7 Å². The molecule has 3 aromatic carbocycles. The number of halogens is 4. The zero-order valence-electron chi connectivity index (χ0n) is 17.6. The second kappa shape index (κ2) is 8.18. The van der Waals surface area contributed by atoms with Gasteiger partial charge in [0.05, 0.1) is 21.5 Å². The Hall–Kier alpha value is -3.40. The van der Waals surface area contributed by atoms with Gasteiger partial charge in [-0.15, -0.1) is 4.40 Å². The lowest BCUT2D eigenvalue weighted by Crippen LogP contribution is -2.18. The molecule has 1 heterocycles. The number of nitrogens with zero attached hydrogens (tertiary/aromatic N) is 2. The number of aryl methyl sites for hydroxylation is 2. The van der Waals surface area contributed by atoms with E-state index in [1.807, 2.05) is 19.1 Å². The molecule has 0 spiro atoms. The van der Waals surface area contributed by atoms with E-state index in [9.17, 15) is 26.0 Å². The van der Waals surface area contributed by atoms with Crippen molar-refractivity contribution < 1.29 is 26.0 Å². The molecule has 0 saturated carbocycles. The number of aromatic amines is 1. The number of hydrogen-bond donors (Lipinski definition) is 1. The number of imidazole rings is 1. The maximum Gasteiger partial charge on any atom is 0.419 e. The van der Waals surface area contributed by atoms with Crippen molar-refractivity contribution >= 4 is 21.1 Å². The number of sulfonamides is 1. The number of fused-ring (bicyclic) bond motifs is 1. The molecule has 33 heavy (non-hydrogen) atoms. The van der Waals surface area contributed by atoms with Crippen molar-refractivity contribution in [1.82, 2.24) is 9.55 Å². The molecule has 4 rings (SSSR count). The molecule has 0 saturated heterocycles. The quantitative estimate of drug-likeness (QED) is 0.427. The molecule has 172 valence electrons. The molecule has 0 aliphatic heterocycles. The minimum Gasteiger partial charge on any atom is -0.323 e. The number of H-pyrrole nitrogens is 1. The average Bonchev–Trinajstić information content (AvgIpc) is 3.03. The summed E-state index contributed by atoms with van der Waals surface area (Å²) in [6.45, 7) is 1.83. The maximum absolute atomic E-state index is 14.0. The van der Waals surface area contributed by atoms with Gasteiger partial charge in [-0.1, -0.05) is 30.3 Å². The molecule has 1 aromatic heterocycles. The van der Waals surface area contributed by atoms with E-state index < -0.39 is 27.6 Å². The second-order valence-corrected chi connectivity index (χ2v) is 9.30. The summed E-state index contributed by atoms with van der Waals surface area (Å²) < 4.78 is 83.5. The average molecular weight is 477 g/mol. The molecule has 10 heteroatoms. The summed E-state index contributed by atoms with van der Waals surface area (Å²) in [6, 6.07) is 14.2. The van der Waals surface area contributed by atoms with E-state index in [0.29, 0.717) is 22.2 Å². The Morgan fingerprint density at radius 3 is 2.36 bits per heavy atom. The van der Waals surface area contributed by atoms with Crippen molar-refractivity contribution in [3.8, 4) is 0 Å². The molecule has 0 aliphatic carbocycles. The summed E-state index contributed by atoms with van der Waals surface area (Å²) in [5, 5.41) is 0. The van der Waals surface area contributed by atoms with E-state index in [0.717, 1.165) is 17.7 Å². The van der Waals surface area contributed by atoms with Crippen LogP contribution < -0.4 is 5.62 Å². The highest BCUT2D eigenvalue weighted by Crippen LogP contribution is 2.32. The molecule has 0 aliphatic rings. The van der Waals surface area contributed by atoms with Crippen LogP contribution in [0.15, 0.2) is 70.0 Å². The van der Waals surface area contributed by atoms with Gasteiger partial charge in [0.2, 0.25) is 5.62 Å². The van der Waals surface area contributed by atoms with E-state index in [4.69, 9.17) is 0 Å². The third kappa shape index (κ3) is 4.56. The van der Waals surface area contributed by atoms with E-state index in [2.05, 4.69) is 9.38 Å². The van der Waals surface area contributed by atoms with Crippen LogP contribution in [0.1, 0.15) is 22.3 Å². The van der Waals surface area contributed by atoms with Crippen LogP contribution in [0.4, 0.5) is 17.6 Å². The predicted octanol–water partition coefficient (Wildman–Crippen LogP) is 4.85. The third-order valence-electron chi connectivity index (χ3n) is 5.24. The minimum atomic E-state index is -4.77. The highest BCUT2D eigenvalue weighted by Gasteiger charge is 2.33.